The first-order chi connectivity index (χ1) is 11.9. The highest BCUT2D eigenvalue weighted by molar-refractivity contribution is 6.31. The van der Waals surface area contributed by atoms with Crippen molar-refractivity contribution < 1.29 is 19.1 Å². The fourth-order valence-corrected chi connectivity index (χ4v) is 4.16. The van der Waals surface area contributed by atoms with Crippen LogP contribution in [-0.4, -0.2) is 36.7 Å². The van der Waals surface area contributed by atoms with Crippen LogP contribution in [0.4, 0.5) is 5.69 Å². The van der Waals surface area contributed by atoms with E-state index in [9.17, 15) is 9.59 Å². The zero-order valence-corrected chi connectivity index (χ0v) is 14.9. The quantitative estimate of drug-likeness (QED) is 0.611. The number of rotatable bonds is 4. The highest BCUT2D eigenvalue weighted by Crippen LogP contribution is 2.53. The second-order valence-corrected chi connectivity index (χ2v) is 7.76. The molecule has 1 aromatic rings. The first-order valence-electron chi connectivity index (χ1n) is 8.52. The van der Waals surface area contributed by atoms with Gasteiger partial charge < -0.3 is 14.4 Å². The van der Waals surface area contributed by atoms with E-state index < -0.39 is 17.4 Å². The summed E-state index contributed by atoms with van der Waals surface area (Å²) in [4.78, 5) is 27.3. The molecule has 25 heavy (non-hydrogen) atoms. The molecule has 0 aromatic heterocycles. The van der Waals surface area contributed by atoms with Gasteiger partial charge in [-0.1, -0.05) is 43.7 Å². The number of benzene rings is 1. The number of carbonyl (C=O) groups is 2. The van der Waals surface area contributed by atoms with E-state index in [1.807, 2.05) is 32.1 Å². The van der Waals surface area contributed by atoms with Gasteiger partial charge in [-0.15, -0.1) is 0 Å². The van der Waals surface area contributed by atoms with Crippen LogP contribution < -0.4 is 4.90 Å². The van der Waals surface area contributed by atoms with Gasteiger partial charge in [0.15, 0.2) is 0 Å². The summed E-state index contributed by atoms with van der Waals surface area (Å²) in [5, 5.41) is 0.563. The van der Waals surface area contributed by atoms with Gasteiger partial charge in [-0.3, -0.25) is 9.59 Å². The third kappa shape index (κ3) is 2.57. The summed E-state index contributed by atoms with van der Waals surface area (Å²) in [5.74, 6) is -1.34. The molecule has 0 saturated carbocycles. The Hall–Kier alpha value is -1.85. The summed E-state index contributed by atoms with van der Waals surface area (Å²) in [6.07, 6.45) is 3.43. The molecule has 1 amide bonds. The summed E-state index contributed by atoms with van der Waals surface area (Å²) in [6, 6.07) is 7.15. The Labute approximate surface area is 151 Å². The highest BCUT2D eigenvalue weighted by atomic mass is 35.5. The van der Waals surface area contributed by atoms with Crippen LogP contribution in [0, 0.1) is 17.8 Å². The van der Waals surface area contributed by atoms with Crippen molar-refractivity contribution in [2.45, 2.75) is 25.6 Å². The minimum absolute atomic E-state index is 0.111. The molecule has 4 rings (SSSR count). The Bertz CT molecular complexity index is 762. The predicted molar refractivity (Wildman–Crippen MR) is 93.3 cm³/mol. The topological polar surface area (TPSA) is 55.8 Å². The number of fused-ring (bicyclic) bond motifs is 1. The molecule has 132 valence electrons. The molecule has 0 N–H and O–H groups in total. The SMILES string of the molecule is CC(C)COC(=O)[C@H]1[C@H]2C(=O)N(c3cccc(Cl)c3)C[C@@]23C=C[C@H]1O3. The second kappa shape index (κ2) is 5.85. The minimum Gasteiger partial charge on any atom is -0.465 e. The van der Waals surface area contributed by atoms with Gasteiger partial charge in [0, 0.05) is 10.7 Å². The highest BCUT2D eigenvalue weighted by Gasteiger charge is 2.67. The van der Waals surface area contributed by atoms with Crippen LogP contribution in [0.25, 0.3) is 0 Å². The van der Waals surface area contributed by atoms with Crippen LogP contribution in [0.3, 0.4) is 0 Å². The Kier molecular flexibility index (Phi) is 3.89. The fourth-order valence-electron chi connectivity index (χ4n) is 3.97. The summed E-state index contributed by atoms with van der Waals surface area (Å²) in [5.41, 5.74) is -0.0259. The average Bonchev–Trinajstić information content (AvgIpc) is 3.21. The van der Waals surface area contributed by atoms with Crippen molar-refractivity contribution >= 4 is 29.2 Å². The minimum atomic E-state index is -0.744. The number of nitrogens with zero attached hydrogens (tertiary/aromatic N) is 1. The van der Waals surface area contributed by atoms with E-state index in [4.69, 9.17) is 21.1 Å². The normalized spacial score (nSPS) is 32.6. The van der Waals surface area contributed by atoms with E-state index in [0.29, 0.717) is 18.2 Å². The van der Waals surface area contributed by atoms with Gasteiger partial charge in [0.25, 0.3) is 0 Å². The molecule has 3 heterocycles. The van der Waals surface area contributed by atoms with Crippen LogP contribution in [0.5, 0.6) is 0 Å². The van der Waals surface area contributed by atoms with Crippen LogP contribution >= 0.6 is 11.6 Å². The van der Waals surface area contributed by atoms with Gasteiger partial charge in [-0.05, 0) is 24.1 Å². The molecule has 4 atom stereocenters. The number of esters is 1. The standard InChI is InChI=1S/C19H20ClNO4/c1-11(2)9-24-18(23)15-14-6-7-19(25-14)10-21(17(22)16(15)19)13-5-3-4-12(20)8-13/h3-8,11,14-16H,9-10H2,1-2H3/t14-,15-,16+,19+/m1/s1. The molecular formula is C19H20ClNO4. The summed E-state index contributed by atoms with van der Waals surface area (Å²) in [6.45, 7) is 4.69. The maximum Gasteiger partial charge on any atom is 0.312 e. The summed E-state index contributed by atoms with van der Waals surface area (Å²) >= 11 is 6.06. The van der Waals surface area contributed by atoms with Crippen LogP contribution in [-0.2, 0) is 19.1 Å². The van der Waals surface area contributed by atoms with Crippen molar-refractivity contribution in [1.29, 1.82) is 0 Å². The largest absolute Gasteiger partial charge is 0.465 e. The molecule has 0 unspecified atom stereocenters. The zero-order chi connectivity index (χ0) is 17.8. The maximum atomic E-state index is 13.1. The van der Waals surface area contributed by atoms with Crippen LogP contribution in [0.15, 0.2) is 36.4 Å². The lowest BCUT2D eigenvalue weighted by atomic mass is 9.77. The molecule has 2 bridgehead atoms. The fraction of sp³-hybridized carbons (Fsp3) is 0.474. The lowest BCUT2D eigenvalue weighted by Crippen LogP contribution is -2.40. The van der Waals surface area contributed by atoms with E-state index in [-0.39, 0.29) is 23.9 Å². The van der Waals surface area contributed by atoms with E-state index in [0.717, 1.165) is 5.69 Å². The van der Waals surface area contributed by atoms with Crippen molar-refractivity contribution in [3.05, 3.63) is 41.4 Å². The molecule has 2 fully saturated rings. The summed E-state index contributed by atoms with van der Waals surface area (Å²) < 4.78 is 11.5. The molecule has 1 spiro atoms. The second-order valence-electron chi connectivity index (χ2n) is 7.33. The third-order valence-corrected chi connectivity index (χ3v) is 5.29. The average molecular weight is 362 g/mol. The van der Waals surface area contributed by atoms with Gasteiger partial charge in [0.2, 0.25) is 5.91 Å². The number of anilines is 1. The first kappa shape index (κ1) is 16.6. The number of amides is 1. The number of halogens is 1. The lowest BCUT2D eigenvalue weighted by Gasteiger charge is -2.23. The van der Waals surface area contributed by atoms with E-state index >= 15 is 0 Å². The molecule has 3 aliphatic heterocycles. The third-order valence-electron chi connectivity index (χ3n) is 5.05. The number of ether oxygens (including phenoxy) is 2. The molecule has 0 radical (unpaired) electrons. The van der Waals surface area contributed by atoms with Crippen molar-refractivity contribution in [2.24, 2.45) is 17.8 Å². The monoisotopic (exact) mass is 361 g/mol. The van der Waals surface area contributed by atoms with E-state index in [1.54, 1.807) is 23.1 Å². The molecule has 2 saturated heterocycles. The Morgan fingerprint density at radius 1 is 1.48 bits per heavy atom. The Balaban J connectivity index is 1.62. The smallest absolute Gasteiger partial charge is 0.312 e. The number of hydrogen-bond donors (Lipinski definition) is 0. The molecule has 0 aliphatic carbocycles. The van der Waals surface area contributed by atoms with Gasteiger partial charge in [-0.25, -0.2) is 0 Å². The van der Waals surface area contributed by atoms with Gasteiger partial charge in [0.05, 0.1) is 25.2 Å². The van der Waals surface area contributed by atoms with Crippen molar-refractivity contribution in [1.82, 2.24) is 0 Å². The molecule has 3 aliphatic rings. The van der Waals surface area contributed by atoms with Gasteiger partial charge in [0.1, 0.15) is 11.5 Å². The molecular weight excluding hydrogens is 342 g/mol. The van der Waals surface area contributed by atoms with Crippen LogP contribution in [0.2, 0.25) is 5.02 Å². The van der Waals surface area contributed by atoms with Crippen molar-refractivity contribution in [3.63, 3.8) is 0 Å². The van der Waals surface area contributed by atoms with E-state index in [1.165, 1.54) is 0 Å². The van der Waals surface area contributed by atoms with Crippen molar-refractivity contribution in [3.8, 4) is 0 Å². The number of hydrogen-bond acceptors (Lipinski definition) is 4. The molecule has 6 heteroatoms. The van der Waals surface area contributed by atoms with Crippen molar-refractivity contribution in [2.75, 3.05) is 18.1 Å². The number of carbonyl (C=O) groups excluding carboxylic acids is 2. The Morgan fingerprint density at radius 2 is 2.28 bits per heavy atom. The summed E-state index contributed by atoms with van der Waals surface area (Å²) in [7, 11) is 0. The maximum absolute atomic E-state index is 13.1. The van der Waals surface area contributed by atoms with Crippen LogP contribution in [0.1, 0.15) is 13.8 Å². The van der Waals surface area contributed by atoms with Gasteiger partial charge in [-0.2, -0.15) is 0 Å². The first-order valence-corrected chi connectivity index (χ1v) is 8.90. The van der Waals surface area contributed by atoms with E-state index in [2.05, 4.69) is 0 Å². The molecule has 5 nitrogen and oxygen atoms in total. The predicted octanol–water partition coefficient (Wildman–Crippen LogP) is 2.83. The molecule has 1 aromatic carbocycles. The lowest BCUT2D eigenvalue weighted by molar-refractivity contribution is -0.153. The zero-order valence-electron chi connectivity index (χ0n) is 14.1. The van der Waals surface area contributed by atoms with Gasteiger partial charge >= 0.3 is 5.97 Å². The Morgan fingerprint density at radius 3 is 3.00 bits per heavy atom.